The lowest BCUT2D eigenvalue weighted by molar-refractivity contribution is 0.415. The van der Waals surface area contributed by atoms with E-state index < -0.39 is 0 Å². The van der Waals surface area contributed by atoms with Crippen molar-refractivity contribution in [1.82, 2.24) is 0 Å². The summed E-state index contributed by atoms with van der Waals surface area (Å²) in [6.07, 6.45) is 0. The largest absolute Gasteiger partial charge is 0.497 e. The lowest BCUT2D eigenvalue weighted by Gasteiger charge is -2.14. The van der Waals surface area contributed by atoms with Crippen molar-refractivity contribution in [2.45, 2.75) is 0 Å². The topological polar surface area (TPSA) is 9.23 Å². The molecule has 5 rings (SSSR count). The molecule has 0 amide bonds. The van der Waals surface area contributed by atoms with E-state index in [0.717, 1.165) is 5.75 Å². The number of fused-ring (bicyclic) bond motifs is 4. The Hall–Kier alpha value is -2.11. The average molecular weight is 466 g/mol. The number of thiophene rings is 1. The molecule has 1 heterocycles. The van der Waals surface area contributed by atoms with Crippen LogP contribution in [0.1, 0.15) is 0 Å². The zero-order valence-corrected chi connectivity index (χ0v) is 17.1. The third-order valence-electron chi connectivity index (χ3n) is 4.84. The number of halogens is 1. The molecule has 0 bridgehead atoms. The van der Waals surface area contributed by atoms with Gasteiger partial charge in [-0.25, -0.2) is 0 Å². The molecular weight excluding hydrogens is 451 g/mol. The highest BCUT2D eigenvalue weighted by Crippen LogP contribution is 2.44. The fraction of sp³-hybridized carbons (Fsp3) is 0.0435. The first-order chi connectivity index (χ1) is 12.8. The van der Waals surface area contributed by atoms with Crippen molar-refractivity contribution in [2.24, 2.45) is 0 Å². The Morgan fingerprint density at radius 3 is 2.31 bits per heavy atom. The van der Waals surface area contributed by atoms with E-state index in [-0.39, 0.29) is 0 Å². The fourth-order valence-corrected chi connectivity index (χ4v) is 5.96. The molecule has 4 aromatic carbocycles. The Morgan fingerprint density at radius 2 is 1.50 bits per heavy atom. The molecular formula is C23H15IOS. The predicted octanol–water partition coefficient (Wildman–Crippen LogP) is 7.49. The molecule has 0 aliphatic rings. The summed E-state index contributed by atoms with van der Waals surface area (Å²) in [7, 11) is 1.73. The van der Waals surface area contributed by atoms with Crippen molar-refractivity contribution >= 4 is 65.6 Å². The number of hydrogen-bond donors (Lipinski definition) is 0. The van der Waals surface area contributed by atoms with Crippen LogP contribution in [0, 0.1) is 3.57 Å². The Kier molecular flexibility index (Phi) is 3.87. The summed E-state index contributed by atoms with van der Waals surface area (Å²) in [4.78, 5) is 1.31. The number of hydrogen-bond acceptors (Lipinski definition) is 2. The van der Waals surface area contributed by atoms with Crippen LogP contribution in [-0.2, 0) is 0 Å². The number of methoxy groups -OCH3 is 1. The second-order valence-corrected chi connectivity index (χ2v) is 8.46. The highest BCUT2D eigenvalue weighted by atomic mass is 127. The minimum atomic E-state index is 0.894. The second kappa shape index (κ2) is 6.25. The van der Waals surface area contributed by atoms with Crippen LogP contribution >= 0.6 is 33.9 Å². The first-order valence-corrected chi connectivity index (χ1v) is 10.3. The van der Waals surface area contributed by atoms with E-state index in [9.17, 15) is 0 Å². The molecule has 1 aromatic heterocycles. The van der Waals surface area contributed by atoms with Gasteiger partial charge >= 0.3 is 0 Å². The lowest BCUT2D eigenvalue weighted by atomic mass is 9.96. The summed E-state index contributed by atoms with van der Waals surface area (Å²) in [5.74, 6) is 0.894. The van der Waals surface area contributed by atoms with Gasteiger partial charge in [0, 0.05) is 18.7 Å². The molecule has 0 N–H and O–H groups in total. The van der Waals surface area contributed by atoms with Crippen molar-refractivity contribution < 1.29 is 4.74 Å². The molecule has 3 heteroatoms. The maximum absolute atomic E-state index is 5.52. The Labute approximate surface area is 169 Å². The van der Waals surface area contributed by atoms with E-state index in [1.807, 2.05) is 11.3 Å². The molecule has 0 saturated heterocycles. The zero-order valence-electron chi connectivity index (χ0n) is 14.1. The molecule has 0 spiro atoms. The zero-order chi connectivity index (χ0) is 17.7. The van der Waals surface area contributed by atoms with E-state index in [4.69, 9.17) is 4.74 Å². The molecule has 0 radical (unpaired) electrons. The third kappa shape index (κ3) is 2.42. The summed E-state index contributed by atoms with van der Waals surface area (Å²) in [6.45, 7) is 0. The molecule has 0 aliphatic carbocycles. The van der Waals surface area contributed by atoms with Gasteiger partial charge in [-0.3, -0.25) is 0 Å². The average Bonchev–Trinajstić information content (AvgIpc) is 3.11. The molecule has 0 fully saturated rings. The maximum Gasteiger partial charge on any atom is 0.119 e. The normalized spacial score (nSPS) is 11.5. The summed E-state index contributed by atoms with van der Waals surface area (Å²) < 4.78 is 8.14. The molecule has 5 aromatic rings. The van der Waals surface area contributed by atoms with E-state index in [1.165, 1.54) is 45.6 Å². The molecule has 0 aliphatic heterocycles. The molecule has 0 saturated carbocycles. The molecule has 0 atom stereocenters. The summed E-state index contributed by atoms with van der Waals surface area (Å²) in [5.41, 5.74) is 1.31. The van der Waals surface area contributed by atoms with Crippen LogP contribution in [0.15, 0.2) is 72.8 Å². The maximum atomic E-state index is 5.52. The van der Waals surface area contributed by atoms with Gasteiger partial charge in [0.15, 0.2) is 0 Å². The lowest BCUT2D eigenvalue weighted by Crippen LogP contribution is -1.90. The van der Waals surface area contributed by atoms with Crippen molar-refractivity contribution in [3.05, 3.63) is 76.4 Å². The van der Waals surface area contributed by atoms with Crippen molar-refractivity contribution in [2.75, 3.05) is 7.11 Å². The monoisotopic (exact) mass is 466 g/mol. The predicted molar refractivity (Wildman–Crippen MR) is 122 cm³/mol. The van der Waals surface area contributed by atoms with Crippen molar-refractivity contribution in [3.63, 3.8) is 0 Å². The van der Waals surface area contributed by atoms with Crippen LogP contribution in [0.3, 0.4) is 0 Å². The van der Waals surface area contributed by atoms with E-state index in [2.05, 4.69) is 95.4 Å². The summed E-state index contributed by atoms with van der Waals surface area (Å²) in [6, 6.07) is 26.0. The van der Waals surface area contributed by atoms with Gasteiger partial charge in [-0.15, -0.1) is 11.3 Å². The second-order valence-electron chi connectivity index (χ2n) is 6.29. The fourth-order valence-electron chi connectivity index (χ4n) is 3.60. The minimum Gasteiger partial charge on any atom is -0.497 e. The molecule has 126 valence electrons. The number of rotatable bonds is 2. The van der Waals surface area contributed by atoms with Crippen molar-refractivity contribution in [3.8, 4) is 16.2 Å². The molecule has 1 nitrogen and oxygen atoms in total. The van der Waals surface area contributed by atoms with Gasteiger partial charge in [-0.2, -0.15) is 0 Å². The van der Waals surface area contributed by atoms with Crippen LogP contribution in [-0.4, -0.2) is 7.11 Å². The smallest absolute Gasteiger partial charge is 0.119 e. The summed E-state index contributed by atoms with van der Waals surface area (Å²) in [5, 5.41) is 6.42. The van der Waals surface area contributed by atoms with Crippen molar-refractivity contribution in [1.29, 1.82) is 0 Å². The number of ether oxygens (including phenoxy) is 1. The van der Waals surface area contributed by atoms with Crippen LogP contribution < -0.4 is 4.74 Å². The van der Waals surface area contributed by atoms with E-state index in [1.54, 1.807) is 7.11 Å². The van der Waals surface area contributed by atoms with Crippen LogP contribution in [0.2, 0.25) is 0 Å². The van der Waals surface area contributed by atoms with Gasteiger partial charge in [-0.1, -0.05) is 48.5 Å². The first kappa shape index (κ1) is 16.1. The van der Waals surface area contributed by atoms with Gasteiger partial charge in [0.05, 0.1) is 7.11 Å². The van der Waals surface area contributed by atoms with Gasteiger partial charge in [0.2, 0.25) is 0 Å². The highest BCUT2D eigenvalue weighted by Gasteiger charge is 2.16. The van der Waals surface area contributed by atoms with Gasteiger partial charge in [0.1, 0.15) is 5.75 Å². The van der Waals surface area contributed by atoms with Crippen LogP contribution in [0.5, 0.6) is 5.75 Å². The third-order valence-corrected chi connectivity index (χ3v) is 7.10. The number of benzene rings is 4. The van der Waals surface area contributed by atoms with E-state index in [0.29, 0.717) is 0 Å². The highest BCUT2D eigenvalue weighted by molar-refractivity contribution is 14.1. The standard InChI is InChI=1S/C23H15IOS/c1-25-15-10-11-17-16-7-3-4-8-18(16)23(24)22(19(17)13-15)21-12-14-6-2-5-9-20(14)26-21/h2-13H,1H3. The Bertz CT molecular complexity index is 1250. The van der Waals surface area contributed by atoms with Crippen LogP contribution in [0.25, 0.3) is 42.1 Å². The first-order valence-electron chi connectivity index (χ1n) is 8.43. The minimum absolute atomic E-state index is 0.894. The quantitative estimate of drug-likeness (QED) is 0.194. The molecule has 26 heavy (non-hydrogen) atoms. The molecule has 0 unspecified atom stereocenters. The van der Waals surface area contributed by atoms with Gasteiger partial charge in [-0.05, 0) is 73.8 Å². The van der Waals surface area contributed by atoms with Crippen LogP contribution in [0.4, 0.5) is 0 Å². The summed E-state index contributed by atoms with van der Waals surface area (Å²) >= 11 is 4.36. The van der Waals surface area contributed by atoms with E-state index >= 15 is 0 Å². The van der Waals surface area contributed by atoms with Gasteiger partial charge < -0.3 is 4.74 Å². The Morgan fingerprint density at radius 1 is 0.769 bits per heavy atom. The Balaban J connectivity index is 1.96. The van der Waals surface area contributed by atoms with Gasteiger partial charge in [0.25, 0.3) is 0 Å². The SMILES string of the molecule is COc1ccc2c(c1)c(-c1cc3ccccc3s1)c(I)c1ccccc12.